The number of rotatable bonds is 9. The van der Waals surface area contributed by atoms with E-state index in [2.05, 4.69) is 11.6 Å². The number of carboxylic acid groups (broad SMARTS) is 1. The van der Waals surface area contributed by atoms with Crippen LogP contribution in [0.25, 0.3) is 10.6 Å². The van der Waals surface area contributed by atoms with Crippen LogP contribution in [-0.4, -0.2) is 23.2 Å². The summed E-state index contributed by atoms with van der Waals surface area (Å²) in [7, 11) is 1.56. The van der Waals surface area contributed by atoms with Gasteiger partial charge in [0.15, 0.2) is 0 Å². The maximum absolute atomic E-state index is 13.8. The van der Waals surface area contributed by atoms with Crippen LogP contribution in [0.3, 0.4) is 0 Å². The Labute approximate surface area is 200 Å². The number of hydrogen-bond acceptors (Lipinski definition) is 5. The number of aromatic nitrogens is 1. The van der Waals surface area contributed by atoms with Crippen LogP contribution in [0.15, 0.2) is 60.0 Å². The molecule has 0 spiro atoms. The quantitative estimate of drug-likeness (QED) is 0.258. The first-order valence-corrected chi connectivity index (χ1v) is 11.9. The largest absolute Gasteiger partial charge is 0.496 e. The summed E-state index contributed by atoms with van der Waals surface area (Å²) in [5.41, 5.74) is 1.20. The molecule has 1 N–H and O–H groups in total. The molecule has 0 aliphatic carbocycles. The van der Waals surface area contributed by atoms with Gasteiger partial charge in [0.2, 0.25) is 0 Å². The number of halogens is 2. The van der Waals surface area contributed by atoms with Gasteiger partial charge in [-0.05, 0) is 44.5 Å². The van der Waals surface area contributed by atoms with Crippen LogP contribution in [0.5, 0.6) is 5.75 Å². The van der Waals surface area contributed by atoms with Crippen LogP contribution in [-0.2, 0) is 21.9 Å². The van der Waals surface area contributed by atoms with Gasteiger partial charge in [-0.3, -0.25) is 4.79 Å². The van der Waals surface area contributed by atoms with E-state index in [4.69, 9.17) is 4.74 Å². The van der Waals surface area contributed by atoms with Crippen LogP contribution in [0.4, 0.5) is 8.78 Å². The van der Waals surface area contributed by atoms with Gasteiger partial charge in [-0.25, -0.2) is 4.98 Å². The fourth-order valence-electron chi connectivity index (χ4n) is 3.08. The van der Waals surface area contributed by atoms with Crippen LogP contribution < -0.4 is 4.74 Å². The van der Waals surface area contributed by atoms with Crippen molar-refractivity contribution < 1.29 is 23.4 Å². The summed E-state index contributed by atoms with van der Waals surface area (Å²) >= 11 is 3.09. The summed E-state index contributed by atoms with van der Waals surface area (Å²) in [5.74, 6) is -2.70. The number of benzene rings is 2. The highest BCUT2D eigenvalue weighted by Crippen LogP contribution is 2.39. The fraction of sp³-hybridized carbons (Fsp3) is 0.280. The number of aliphatic carboxylic acids is 1. The Kier molecular flexibility index (Phi) is 7.29. The number of thioether (sulfide) groups is 1. The Morgan fingerprint density at radius 1 is 1.21 bits per heavy atom. The molecule has 0 fully saturated rings. The highest BCUT2D eigenvalue weighted by atomic mass is 32.2. The van der Waals surface area contributed by atoms with Crippen molar-refractivity contribution in [2.24, 2.45) is 0 Å². The monoisotopic (exact) mass is 489 g/mol. The van der Waals surface area contributed by atoms with Crippen LogP contribution >= 0.6 is 23.1 Å². The van der Waals surface area contributed by atoms with E-state index < -0.39 is 17.3 Å². The summed E-state index contributed by atoms with van der Waals surface area (Å²) in [5, 5.41) is 10.2. The second-order valence-electron chi connectivity index (χ2n) is 8.02. The Hall–Kier alpha value is -2.71. The van der Waals surface area contributed by atoms with Gasteiger partial charge in [-0.2, -0.15) is 8.78 Å². The Bertz CT molecular complexity index is 1170. The number of aryl methyl sites for hydroxylation is 1. The summed E-state index contributed by atoms with van der Waals surface area (Å²) < 4.78 is 33.0. The Balaban J connectivity index is 1.78. The van der Waals surface area contributed by atoms with Crippen molar-refractivity contribution in [3.8, 4) is 16.3 Å². The minimum absolute atomic E-state index is 0.105. The van der Waals surface area contributed by atoms with Gasteiger partial charge in [0.25, 0.3) is 5.92 Å². The molecule has 0 radical (unpaired) electrons. The minimum atomic E-state index is -3.06. The number of carboxylic acids is 1. The molecular formula is C25H25F2NO3S2. The maximum atomic E-state index is 13.8. The second-order valence-corrected chi connectivity index (χ2v) is 10.1. The van der Waals surface area contributed by atoms with Crippen molar-refractivity contribution in [3.05, 3.63) is 76.8 Å². The zero-order chi connectivity index (χ0) is 24.4. The number of alkyl halides is 2. The third-order valence-electron chi connectivity index (χ3n) is 5.44. The van der Waals surface area contributed by atoms with Gasteiger partial charge >= 0.3 is 5.97 Å². The highest BCUT2D eigenvalue weighted by molar-refractivity contribution is 7.98. The number of thiazole rings is 1. The molecule has 3 aromatic rings. The SMILES string of the molecule is C=CC(F)(F)c1ccc(-c2nc(C)c(CSc3ccc(C(C)(C)C(=O)O)cc3OC)s2)cc1. The number of nitrogens with zero attached hydrogens (tertiary/aromatic N) is 1. The summed E-state index contributed by atoms with van der Waals surface area (Å²) in [6, 6.07) is 11.5. The van der Waals surface area contributed by atoms with Crippen molar-refractivity contribution in [3.63, 3.8) is 0 Å². The molecule has 0 aliphatic rings. The maximum Gasteiger partial charge on any atom is 0.313 e. The normalized spacial score (nSPS) is 11.9. The van der Waals surface area contributed by atoms with E-state index in [1.807, 2.05) is 19.1 Å². The first-order valence-electron chi connectivity index (χ1n) is 10.1. The molecule has 0 amide bonds. The molecule has 8 heteroatoms. The first kappa shape index (κ1) is 24.9. The van der Waals surface area contributed by atoms with E-state index in [0.29, 0.717) is 23.1 Å². The number of hydrogen-bond donors (Lipinski definition) is 1. The smallest absolute Gasteiger partial charge is 0.313 e. The highest BCUT2D eigenvalue weighted by Gasteiger charge is 2.30. The number of carbonyl (C=O) groups is 1. The predicted molar refractivity (Wildman–Crippen MR) is 130 cm³/mol. The molecule has 0 aliphatic heterocycles. The van der Waals surface area contributed by atoms with Gasteiger partial charge in [0, 0.05) is 26.7 Å². The lowest BCUT2D eigenvalue weighted by atomic mass is 9.85. The van der Waals surface area contributed by atoms with Crippen LogP contribution in [0.2, 0.25) is 0 Å². The fourth-order valence-corrected chi connectivity index (χ4v) is 5.30. The van der Waals surface area contributed by atoms with Crippen molar-refractivity contribution in [1.82, 2.24) is 4.98 Å². The van der Waals surface area contributed by atoms with Crippen LogP contribution in [0, 0.1) is 6.92 Å². The molecule has 0 saturated carbocycles. The summed E-state index contributed by atoms with van der Waals surface area (Å²) in [6.45, 7) is 8.43. The molecule has 4 nitrogen and oxygen atoms in total. The summed E-state index contributed by atoms with van der Waals surface area (Å²) in [6.07, 6.45) is 0.633. The molecule has 1 aromatic heterocycles. The van der Waals surface area contributed by atoms with E-state index in [-0.39, 0.29) is 5.56 Å². The van der Waals surface area contributed by atoms with Gasteiger partial charge in [0.1, 0.15) is 10.8 Å². The van der Waals surface area contributed by atoms with Crippen molar-refractivity contribution in [1.29, 1.82) is 0 Å². The lowest BCUT2D eigenvalue weighted by Crippen LogP contribution is -2.28. The minimum Gasteiger partial charge on any atom is -0.496 e. The molecule has 0 atom stereocenters. The number of methoxy groups -OCH3 is 1. The summed E-state index contributed by atoms with van der Waals surface area (Å²) in [4.78, 5) is 18.1. The van der Waals surface area contributed by atoms with Crippen molar-refractivity contribution in [2.45, 2.75) is 42.8 Å². The zero-order valence-corrected chi connectivity index (χ0v) is 20.4. The molecular weight excluding hydrogens is 464 g/mol. The third-order valence-corrected chi connectivity index (χ3v) is 7.92. The Morgan fingerprint density at radius 3 is 2.42 bits per heavy atom. The van der Waals surface area contributed by atoms with E-state index >= 15 is 0 Å². The van der Waals surface area contributed by atoms with Crippen molar-refractivity contribution in [2.75, 3.05) is 7.11 Å². The Morgan fingerprint density at radius 2 is 1.85 bits per heavy atom. The topological polar surface area (TPSA) is 59.4 Å². The molecule has 1 heterocycles. The van der Waals surface area contributed by atoms with E-state index in [1.54, 1.807) is 50.9 Å². The predicted octanol–water partition coefficient (Wildman–Crippen LogP) is 7.06. The van der Waals surface area contributed by atoms with Crippen LogP contribution in [0.1, 0.15) is 35.5 Å². The number of allylic oxidation sites excluding steroid dienone is 1. The lowest BCUT2D eigenvalue weighted by Gasteiger charge is -2.21. The average Bonchev–Trinajstić information content (AvgIpc) is 3.17. The molecule has 0 bridgehead atoms. The molecule has 2 aromatic carbocycles. The van der Waals surface area contributed by atoms with Gasteiger partial charge < -0.3 is 9.84 Å². The molecule has 0 saturated heterocycles. The van der Waals surface area contributed by atoms with Crippen molar-refractivity contribution >= 4 is 29.1 Å². The zero-order valence-electron chi connectivity index (χ0n) is 18.8. The molecule has 3 rings (SSSR count). The second kappa shape index (κ2) is 9.65. The molecule has 174 valence electrons. The first-order chi connectivity index (χ1) is 15.5. The van der Waals surface area contributed by atoms with Gasteiger partial charge in [-0.1, -0.05) is 36.9 Å². The van der Waals surface area contributed by atoms with E-state index in [0.717, 1.165) is 26.0 Å². The number of ether oxygens (including phenoxy) is 1. The standard InChI is InChI=1S/C25H25F2NO3S2/c1-6-25(26,27)17-9-7-16(8-10-17)22-28-15(2)21(33-22)14-32-20-12-11-18(13-19(20)31-5)24(3,4)23(29)30/h6-13H,1,14H2,2-5H3,(H,29,30). The van der Waals surface area contributed by atoms with Gasteiger partial charge in [-0.15, -0.1) is 23.1 Å². The average molecular weight is 490 g/mol. The third kappa shape index (κ3) is 5.28. The molecule has 33 heavy (non-hydrogen) atoms. The van der Waals surface area contributed by atoms with E-state index in [9.17, 15) is 18.7 Å². The van der Waals surface area contributed by atoms with E-state index in [1.165, 1.54) is 23.5 Å². The molecule has 0 unspecified atom stereocenters. The van der Waals surface area contributed by atoms with Gasteiger partial charge in [0.05, 0.1) is 18.2 Å². The lowest BCUT2D eigenvalue weighted by molar-refractivity contribution is -0.142.